The highest BCUT2D eigenvalue weighted by molar-refractivity contribution is 5.82. The van der Waals surface area contributed by atoms with E-state index in [0.29, 0.717) is 33.9 Å². The largest absolute Gasteiger partial charge is 0.463 e. The third-order valence-corrected chi connectivity index (χ3v) is 6.44. The van der Waals surface area contributed by atoms with Gasteiger partial charge in [0.25, 0.3) is 0 Å². The van der Waals surface area contributed by atoms with E-state index in [9.17, 15) is 18.0 Å². The molecule has 4 aromatic rings. The maximum atomic E-state index is 13.1. The van der Waals surface area contributed by atoms with E-state index >= 15 is 0 Å². The van der Waals surface area contributed by atoms with E-state index < -0.39 is 11.7 Å². The molecular formula is C27H24F3N3O3. The van der Waals surface area contributed by atoms with E-state index in [1.807, 2.05) is 12.1 Å². The number of likely N-dealkylation sites (N-methyl/N-ethyl adjacent to an activating group) is 1. The van der Waals surface area contributed by atoms with E-state index in [1.54, 1.807) is 18.3 Å². The highest BCUT2D eigenvalue weighted by atomic mass is 19.4. The van der Waals surface area contributed by atoms with Crippen molar-refractivity contribution in [3.63, 3.8) is 0 Å². The smallest absolute Gasteiger partial charge is 0.416 e. The Hall–Kier alpha value is -3.85. The van der Waals surface area contributed by atoms with Crippen molar-refractivity contribution in [2.24, 2.45) is 0 Å². The van der Waals surface area contributed by atoms with Crippen LogP contribution in [-0.2, 0) is 6.18 Å². The second-order valence-electron chi connectivity index (χ2n) is 9.02. The Morgan fingerprint density at radius 3 is 2.44 bits per heavy atom. The predicted octanol–water partition coefficient (Wildman–Crippen LogP) is 5.81. The fourth-order valence-corrected chi connectivity index (χ4v) is 4.32. The summed E-state index contributed by atoms with van der Waals surface area (Å²) in [6.45, 7) is 1.85. The Kier molecular flexibility index (Phi) is 6.17. The quantitative estimate of drug-likeness (QED) is 0.349. The first kappa shape index (κ1) is 23.9. The highest BCUT2D eigenvalue weighted by Crippen LogP contribution is 2.32. The van der Waals surface area contributed by atoms with Gasteiger partial charge in [0.15, 0.2) is 0 Å². The standard InChI is InChI=1S/C27H24F3N3O3/c1-32(2)19-11-12-33(15-19)25-10-3-17(14-31-25)23-16-35-24-13-21(8-9-22(24)26(23)34)36-20-6-4-18(5-7-20)27(28,29)30/h3-10,13-14,16,19H,11-12,15H2,1-2H3. The lowest BCUT2D eigenvalue weighted by atomic mass is 10.1. The van der Waals surface area contributed by atoms with Gasteiger partial charge in [0.2, 0.25) is 5.43 Å². The molecule has 5 rings (SSSR count). The van der Waals surface area contributed by atoms with Crippen molar-refractivity contribution >= 4 is 16.8 Å². The van der Waals surface area contributed by atoms with Gasteiger partial charge in [-0.25, -0.2) is 4.98 Å². The molecule has 0 N–H and O–H groups in total. The number of fused-ring (bicyclic) bond motifs is 1. The normalized spacial score (nSPS) is 16.2. The predicted molar refractivity (Wildman–Crippen MR) is 132 cm³/mol. The Bertz CT molecular complexity index is 1430. The van der Waals surface area contributed by atoms with Gasteiger partial charge in [0.1, 0.15) is 29.2 Å². The molecule has 1 aliphatic heterocycles. The van der Waals surface area contributed by atoms with Crippen molar-refractivity contribution in [1.29, 1.82) is 0 Å². The first-order chi connectivity index (χ1) is 17.2. The molecule has 1 aliphatic rings. The maximum absolute atomic E-state index is 13.1. The SMILES string of the molecule is CN(C)C1CCN(c2ccc(-c3coc4cc(Oc5ccc(C(F)(F)F)cc5)ccc4c3=O)cn2)C1. The summed E-state index contributed by atoms with van der Waals surface area (Å²) in [6.07, 6.45) is -0.267. The van der Waals surface area contributed by atoms with Crippen LogP contribution in [0.25, 0.3) is 22.1 Å². The van der Waals surface area contributed by atoms with Gasteiger partial charge in [-0.3, -0.25) is 4.79 Å². The Labute approximate surface area is 205 Å². The van der Waals surface area contributed by atoms with E-state index in [1.165, 1.54) is 24.5 Å². The molecule has 3 heterocycles. The molecule has 9 heteroatoms. The Morgan fingerprint density at radius 2 is 1.81 bits per heavy atom. The molecular weight excluding hydrogens is 471 g/mol. The zero-order valence-electron chi connectivity index (χ0n) is 19.7. The summed E-state index contributed by atoms with van der Waals surface area (Å²) in [6, 6.07) is 13.4. The van der Waals surface area contributed by atoms with Crippen molar-refractivity contribution in [3.8, 4) is 22.6 Å². The van der Waals surface area contributed by atoms with E-state index in [2.05, 4.69) is 28.9 Å². The monoisotopic (exact) mass is 495 g/mol. The van der Waals surface area contributed by atoms with Crippen molar-refractivity contribution < 1.29 is 22.3 Å². The number of benzene rings is 2. The number of rotatable bonds is 5. The highest BCUT2D eigenvalue weighted by Gasteiger charge is 2.30. The average molecular weight is 496 g/mol. The molecule has 1 fully saturated rings. The van der Waals surface area contributed by atoms with Gasteiger partial charge in [-0.15, -0.1) is 0 Å². The van der Waals surface area contributed by atoms with Gasteiger partial charge >= 0.3 is 6.18 Å². The molecule has 0 saturated carbocycles. The molecule has 0 radical (unpaired) electrons. The Balaban J connectivity index is 1.35. The van der Waals surface area contributed by atoms with E-state index in [-0.39, 0.29) is 11.2 Å². The molecule has 0 spiro atoms. The van der Waals surface area contributed by atoms with Crippen molar-refractivity contribution in [2.75, 3.05) is 32.1 Å². The minimum absolute atomic E-state index is 0.208. The number of halogens is 3. The Morgan fingerprint density at radius 1 is 1.06 bits per heavy atom. The lowest BCUT2D eigenvalue weighted by Gasteiger charge is -2.21. The van der Waals surface area contributed by atoms with Gasteiger partial charge in [-0.2, -0.15) is 13.2 Å². The third kappa shape index (κ3) is 4.79. The molecule has 36 heavy (non-hydrogen) atoms. The summed E-state index contributed by atoms with van der Waals surface area (Å²) in [4.78, 5) is 22.2. The number of alkyl halides is 3. The number of anilines is 1. The number of nitrogens with zero attached hydrogens (tertiary/aromatic N) is 3. The van der Waals surface area contributed by atoms with Crippen molar-refractivity contribution in [2.45, 2.75) is 18.6 Å². The first-order valence-electron chi connectivity index (χ1n) is 11.5. The van der Waals surface area contributed by atoms with Crippen LogP contribution >= 0.6 is 0 Å². The van der Waals surface area contributed by atoms with Crippen LogP contribution in [-0.4, -0.2) is 43.1 Å². The average Bonchev–Trinajstić information content (AvgIpc) is 3.35. The molecule has 0 amide bonds. The molecule has 186 valence electrons. The fraction of sp³-hybridized carbons (Fsp3) is 0.259. The summed E-state index contributed by atoms with van der Waals surface area (Å²) in [7, 11) is 4.15. The van der Waals surface area contributed by atoms with Gasteiger partial charge < -0.3 is 19.0 Å². The van der Waals surface area contributed by atoms with E-state index in [0.717, 1.165) is 37.5 Å². The molecule has 1 atom stereocenters. The van der Waals surface area contributed by atoms with Gasteiger partial charge in [0, 0.05) is 37.0 Å². The molecule has 2 aromatic heterocycles. The summed E-state index contributed by atoms with van der Waals surface area (Å²) < 4.78 is 49.6. The lowest BCUT2D eigenvalue weighted by molar-refractivity contribution is -0.137. The van der Waals surface area contributed by atoms with Crippen LogP contribution in [0.1, 0.15) is 12.0 Å². The molecule has 1 unspecified atom stereocenters. The molecule has 0 bridgehead atoms. The minimum Gasteiger partial charge on any atom is -0.463 e. The van der Waals surface area contributed by atoms with Crippen LogP contribution in [0.15, 0.2) is 76.3 Å². The van der Waals surface area contributed by atoms with E-state index in [4.69, 9.17) is 9.15 Å². The molecule has 2 aromatic carbocycles. The fourth-order valence-electron chi connectivity index (χ4n) is 4.32. The number of ether oxygens (including phenoxy) is 1. The van der Waals surface area contributed by atoms with Gasteiger partial charge in [0.05, 0.1) is 16.5 Å². The first-order valence-corrected chi connectivity index (χ1v) is 11.5. The third-order valence-electron chi connectivity index (χ3n) is 6.44. The van der Waals surface area contributed by atoms with Crippen LogP contribution < -0.4 is 15.1 Å². The van der Waals surface area contributed by atoms with Crippen LogP contribution in [0.2, 0.25) is 0 Å². The van der Waals surface area contributed by atoms with Crippen LogP contribution in [0.4, 0.5) is 19.0 Å². The van der Waals surface area contributed by atoms with Crippen molar-refractivity contribution in [3.05, 3.63) is 82.8 Å². The van der Waals surface area contributed by atoms with Crippen LogP contribution in [0.5, 0.6) is 11.5 Å². The zero-order valence-corrected chi connectivity index (χ0v) is 19.7. The zero-order chi connectivity index (χ0) is 25.4. The number of pyridine rings is 1. The van der Waals surface area contributed by atoms with Crippen LogP contribution in [0.3, 0.4) is 0 Å². The number of aromatic nitrogens is 1. The number of hydrogen-bond acceptors (Lipinski definition) is 6. The van der Waals surface area contributed by atoms with Crippen molar-refractivity contribution in [1.82, 2.24) is 9.88 Å². The lowest BCUT2D eigenvalue weighted by Crippen LogP contribution is -2.31. The molecule has 1 saturated heterocycles. The van der Waals surface area contributed by atoms with Gasteiger partial charge in [-0.1, -0.05) is 0 Å². The summed E-state index contributed by atoms with van der Waals surface area (Å²) in [5.74, 6) is 1.45. The van der Waals surface area contributed by atoms with Gasteiger partial charge in [-0.05, 0) is 69.0 Å². The molecule has 6 nitrogen and oxygen atoms in total. The molecule has 0 aliphatic carbocycles. The van der Waals surface area contributed by atoms with Crippen LogP contribution in [0, 0.1) is 0 Å². The maximum Gasteiger partial charge on any atom is 0.416 e. The second-order valence-corrected chi connectivity index (χ2v) is 9.02. The summed E-state index contributed by atoms with van der Waals surface area (Å²) in [5, 5.41) is 0.365. The second kappa shape index (κ2) is 9.31. The number of hydrogen-bond donors (Lipinski definition) is 0. The summed E-state index contributed by atoms with van der Waals surface area (Å²) >= 11 is 0. The summed E-state index contributed by atoms with van der Waals surface area (Å²) in [5.41, 5.74) is 0.395. The minimum atomic E-state index is -4.41. The topological polar surface area (TPSA) is 58.8 Å².